The summed E-state index contributed by atoms with van der Waals surface area (Å²) in [7, 11) is 0. The summed E-state index contributed by atoms with van der Waals surface area (Å²) < 4.78 is 7.17. The molecule has 1 aromatic carbocycles. The number of pyridine rings is 1. The van der Waals surface area contributed by atoms with E-state index in [2.05, 4.69) is 29.6 Å². The minimum atomic E-state index is 0.0425. The Hall–Kier alpha value is -2.75. The molecule has 1 aromatic heterocycles. The summed E-state index contributed by atoms with van der Waals surface area (Å²) in [5, 5.41) is 5.18. The number of nitrogens with zero attached hydrogens (tertiary/aromatic N) is 1. The predicted octanol–water partition coefficient (Wildman–Crippen LogP) is 0.790. The number of aromatic nitrogens is 1. The molecule has 0 spiro atoms. The molecule has 0 fully saturated rings. The first kappa shape index (κ1) is 11.9. The van der Waals surface area contributed by atoms with E-state index in [9.17, 15) is 4.79 Å². The summed E-state index contributed by atoms with van der Waals surface area (Å²) in [5.74, 6) is 0. The fraction of sp³-hybridized carbons (Fsp3) is 0.167. The van der Waals surface area contributed by atoms with Crippen LogP contribution in [0.25, 0.3) is 18.0 Å². The van der Waals surface area contributed by atoms with Gasteiger partial charge in [-0.05, 0) is 34.9 Å². The van der Waals surface area contributed by atoms with Gasteiger partial charge in [-0.15, -0.1) is 0 Å². The molecule has 0 saturated heterocycles. The lowest BCUT2D eigenvalue weighted by Crippen LogP contribution is -2.44. The molecule has 0 amide bonds. The topological polar surface area (TPSA) is 43.3 Å². The first-order valence-corrected chi connectivity index (χ1v) is 7.47. The number of ether oxygens (including phenoxy) is 1. The summed E-state index contributed by atoms with van der Waals surface area (Å²) in [5.41, 5.74) is 5.61. The average molecular weight is 290 g/mol. The van der Waals surface area contributed by atoms with Crippen molar-refractivity contribution in [3.8, 4) is 0 Å². The van der Waals surface area contributed by atoms with Crippen LogP contribution in [0.15, 0.2) is 40.7 Å². The molecular weight excluding hydrogens is 276 g/mol. The highest BCUT2D eigenvalue weighted by molar-refractivity contribution is 5.91. The van der Waals surface area contributed by atoms with E-state index in [1.54, 1.807) is 6.26 Å². The minimum absolute atomic E-state index is 0.0425. The molecule has 0 aliphatic carbocycles. The third-order valence-corrected chi connectivity index (χ3v) is 4.57. The van der Waals surface area contributed by atoms with E-state index < -0.39 is 0 Å². The maximum Gasteiger partial charge on any atom is 0.262 e. The van der Waals surface area contributed by atoms with Crippen molar-refractivity contribution in [1.82, 2.24) is 4.57 Å². The Morgan fingerprint density at radius 1 is 1.23 bits per heavy atom. The fourth-order valence-electron chi connectivity index (χ4n) is 3.46. The van der Waals surface area contributed by atoms with Gasteiger partial charge in [0.2, 0.25) is 0 Å². The van der Waals surface area contributed by atoms with Crippen molar-refractivity contribution in [2.45, 2.75) is 13.0 Å². The van der Waals surface area contributed by atoms with Gasteiger partial charge in [-0.3, -0.25) is 4.79 Å². The highest BCUT2D eigenvalue weighted by Gasteiger charge is 2.24. The Balaban J connectivity index is 1.83. The summed E-state index contributed by atoms with van der Waals surface area (Å²) in [6.45, 7) is 1.26. The maximum absolute atomic E-state index is 12.7. The number of para-hydroxylation sites is 1. The van der Waals surface area contributed by atoms with Crippen molar-refractivity contribution in [1.29, 1.82) is 0 Å². The molecule has 0 atom stereocenters. The molecule has 5 rings (SSSR count). The molecule has 1 N–H and O–H groups in total. The molecule has 2 aromatic rings. The lowest BCUT2D eigenvalue weighted by Gasteiger charge is -2.17. The van der Waals surface area contributed by atoms with Crippen LogP contribution in [-0.4, -0.2) is 11.2 Å². The summed E-state index contributed by atoms with van der Waals surface area (Å²) >= 11 is 0. The number of hydrogen-bond acceptors (Lipinski definition) is 3. The average Bonchev–Trinajstić information content (AvgIpc) is 2.91. The van der Waals surface area contributed by atoms with Crippen molar-refractivity contribution in [3.05, 3.63) is 68.0 Å². The number of anilines is 1. The van der Waals surface area contributed by atoms with Crippen molar-refractivity contribution in [2.75, 3.05) is 11.9 Å². The molecule has 4 heterocycles. The Bertz CT molecular complexity index is 1030. The van der Waals surface area contributed by atoms with Gasteiger partial charge in [0, 0.05) is 12.1 Å². The third-order valence-electron chi connectivity index (χ3n) is 4.57. The van der Waals surface area contributed by atoms with Crippen LogP contribution in [0.4, 0.5) is 5.69 Å². The smallest absolute Gasteiger partial charge is 0.262 e. The molecule has 0 saturated carbocycles. The van der Waals surface area contributed by atoms with E-state index in [0.717, 1.165) is 28.7 Å². The van der Waals surface area contributed by atoms with Crippen molar-refractivity contribution in [3.63, 3.8) is 0 Å². The third kappa shape index (κ3) is 1.49. The summed E-state index contributed by atoms with van der Waals surface area (Å²) in [6, 6.07) is 10.3. The zero-order valence-corrected chi connectivity index (χ0v) is 11.9. The zero-order valence-electron chi connectivity index (χ0n) is 11.9. The van der Waals surface area contributed by atoms with Crippen LogP contribution in [0.1, 0.15) is 11.1 Å². The Morgan fingerprint density at radius 2 is 2.14 bits per heavy atom. The van der Waals surface area contributed by atoms with E-state index in [0.29, 0.717) is 18.4 Å². The molecule has 22 heavy (non-hydrogen) atoms. The van der Waals surface area contributed by atoms with Crippen LogP contribution in [0, 0.1) is 0 Å². The number of rotatable bonds is 0. The monoisotopic (exact) mass is 290 g/mol. The van der Waals surface area contributed by atoms with Gasteiger partial charge < -0.3 is 14.6 Å². The lowest BCUT2D eigenvalue weighted by molar-refractivity contribution is 0.288. The van der Waals surface area contributed by atoms with E-state index in [4.69, 9.17) is 4.74 Å². The van der Waals surface area contributed by atoms with Crippen LogP contribution >= 0.6 is 0 Å². The predicted molar refractivity (Wildman–Crippen MR) is 85.5 cm³/mol. The quantitative estimate of drug-likeness (QED) is 0.780. The minimum Gasteiger partial charge on any atom is -0.500 e. The maximum atomic E-state index is 12.7. The van der Waals surface area contributed by atoms with Crippen molar-refractivity contribution >= 4 is 23.7 Å². The van der Waals surface area contributed by atoms with Gasteiger partial charge >= 0.3 is 0 Å². The van der Waals surface area contributed by atoms with Crippen LogP contribution < -0.4 is 21.4 Å². The fourth-order valence-corrected chi connectivity index (χ4v) is 3.46. The van der Waals surface area contributed by atoms with Gasteiger partial charge in [0.05, 0.1) is 35.7 Å². The molecule has 0 radical (unpaired) electrons. The SMILES string of the molecule is O=c1c2c(cc3n1CC1=Cc4ccccc4NC=31)CCOC=2. The molecule has 0 unspecified atom stereocenters. The van der Waals surface area contributed by atoms with Crippen LogP contribution in [0.5, 0.6) is 0 Å². The molecule has 3 aliphatic rings. The second-order valence-corrected chi connectivity index (χ2v) is 5.86. The molecule has 0 bridgehead atoms. The van der Waals surface area contributed by atoms with Gasteiger partial charge in [-0.25, -0.2) is 0 Å². The van der Waals surface area contributed by atoms with Gasteiger partial charge in [-0.1, -0.05) is 18.2 Å². The number of hydrogen-bond donors (Lipinski definition) is 1. The van der Waals surface area contributed by atoms with Crippen molar-refractivity contribution < 1.29 is 4.74 Å². The van der Waals surface area contributed by atoms with E-state index in [-0.39, 0.29) is 5.56 Å². The first-order chi connectivity index (χ1) is 10.8. The highest BCUT2D eigenvalue weighted by atomic mass is 16.5. The second-order valence-electron chi connectivity index (χ2n) is 5.86. The van der Waals surface area contributed by atoms with E-state index >= 15 is 0 Å². The molecule has 108 valence electrons. The Kier molecular flexibility index (Phi) is 2.23. The van der Waals surface area contributed by atoms with Crippen LogP contribution in [0.3, 0.4) is 0 Å². The second kappa shape index (κ2) is 4.13. The molecular formula is C18H14N2O2. The van der Waals surface area contributed by atoms with E-state index in [1.165, 1.54) is 11.1 Å². The lowest BCUT2D eigenvalue weighted by atomic mass is 10.0. The van der Waals surface area contributed by atoms with E-state index in [1.807, 2.05) is 16.7 Å². The summed E-state index contributed by atoms with van der Waals surface area (Å²) in [6.07, 6.45) is 4.57. The summed E-state index contributed by atoms with van der Waals surface area (Å²) in [4.78, 5) is 12.7. The highest BCUT2D eigenvalue weighted by Crippen LogP contribution is 2.31. The van der Waals surface area contributed by atoms with Gasteiger partial charge in [-0.2, -0.15) is 0 Å². The first-order valence-electron chi connectivity index (χ1n) is 7.47. The normalized spacial score (nSPS) is 17.1. The molecule has 3 aliphatic heterocycles. The van der Waals surface area contributed by atoms with Gasteiger partial charge in [0.15, 0.2) is 0 Å². The molecule has 4 nitrogen and oxygen atoms in total. The van der Waals surface area contributed by atoms with Gasteiger partial charge in [0.25, 0.3) is 5.56 Å². The van der Waals surface area contributed by atoms with Crippen LogP contribution in [-0.2, 0) is 17.7 Å². The van der Waals surface area contributed by atoms with Crippen LogP contribution in [0.2, 0.25) is 0 Å². The molecule has 4 heteroatoms. The van der Waals surface area contributed by atoms with Crippen molar-refractivity contribution in [2.24, 2.45) is 0 Å². The number of fused-ring (bicyclic) bond motifs is 4. The number of benzene rings is 1. The number of nitrogens with one attached hydrogen (secondary N) is 1. The Morgan fingerprint density at radius 3 is 3.09 bits per heavy atom. The standard InChI is InChI=1S/C18H14N2O2/c21-18-14-10-22-6-5-11(14)8-16-17-13(9-20(16)18)7-12-3-1-2-4-15(12)19-17/h1-4,7-8,10,19H,5-6,9H2. The van der Waals surface area contributed by atoms with Gasteiger partial charge in [0.1, 0.15) is 0 Å². The largest absolute Gasteiger partial charge is 0.500 e. The Labute approximate surface area is 126 Å². The zero-order chi connectivity index (χ0) is 14.7.